The van der Waals surface area contributed by atoms with Gasteiger partial charge in [0, 0.05) is 20.5 Å². The van der Waals surface area contributed by atoms with Crippen LogP contribution >= 0.6 is 24.0 Å². The molecule has 1 aromatic heterocycles. The summed E-state index contributed by atoms with van der Waals surface area (Å²) in [5, 5.41) is 21.1. The molecule has 0 unspecified atom stereocenters. The summed E-state index contributed by atoms with van der Waals surface area (Å²) in [4.78, 5) is 0.759. The van der Waals surface area contributed by atoms with Gasteiger partial charge >= 0.3 is 0 Å². The Morgan fingerprint density at radius 1 is 1.57 bits per heavy atom. The van der Waals surface area contributed by atoms with Crippen molar-refractivity contribution in [3.63, 3.8) is 0 Å². The molecule has 0 radical (unpaired) electrons. The van der Waals surface area contributed by atoms with Crippen LogP contribution in [0.2, 0.25) is 0 Å². The Bertz CT molecular complexity index is 525. The minimum absolute atomic E-state index is 0.155. The van der Waals surface area contributed by atoms with Crippen molar-refractivity contribution in [3.8, 4) is 11.8 Å². The van der Waals surface area contributed by atoms with Gasteiger partial charge in [-0.2, -0.15) is 5.26 Å². The quantitative estimate of drug-likeness (QED) is 0.727. The molecule has 0 fully saturated rings. The summed E-state index contributed by atoms with van der Waals surface area (Å²) < 4.78 is 1.02. The van der Waals surface area contributed by atoms with Crippen molar-refractivity contribution in [2.45, 2.75) is 11.3 Å². The van der Waals surface area contributed by atoms with E-state index in [0.29, 0.717) is 5.56 Å². The average molecular weight is 221 g/mol. The molecule has 1 N–H and O–H groups in total. The van der Waals surface area contributed by atoms with E-state index in [2.05, 4.69) is 12.6 Å². The van der Waals surface area contributed by atoms with E-state index in [-0.39, 0.29) is 12.2 Å². The average Bonchev–Trinajstić information content (AvgIpc) is 2.60. The van der Waals surface area contributed by atoms with Crippen LogP contribution in [0.3, 0.4) is 0 Å². The molecule has 70 valence electrons. The van der Waals surface area contributed by atoms with Gasteiger partial charge in [-0.05, 0) is 17.5 Å². The van der Waals surface area contributed by atoms with E-state index in [4.69, 9.17) is 5.26 Å². The summed E-state index contributed by atoms with van der Waals surface area (Å²) in [6.07, 6.45) is 0.229. The molecule has 0 bridgehead atoms. The molecule has 0 saturated carbocycles. The van der Waals surface area contributed by atoms with Gasteiger partial charge in [0.05, 0.1) is 12.5 Å². The summed E-state index contributed by atoms with van der Waals surface area (Å²) in [5.41, 5.74) is 0.696. The molecule has 0 aliphatic carbocycles. The first-order chi connectivity index (χ1) is 6.74. The van der Waals surface area contributed by atoms with Crippen molar-refractivity contribution in [2.75, 3.05) is 0 Å². The number of nitriles is 1. The maximum absolute atomic E-state index is 9.64. The maximum atomic E-state index is 9.64. The molecule has 2 rings (SSSR count). The Labute approximate surface area is 90.8 Å². The van der Waals surface area contributed by atoms with Crippen LogP contribution in [0, 0.1) is 11.3 Å². The smallest absolute Gasteiger partial charge is 0.121 e. The summed E-state index contributed by atoms with van der Waals surface area (Å²) in [7, 11) is 0. The molecule has 0 aliphatic rings. The van der Waals surface area contributed by atoms with Crippen molar-refractivity contribution in [3.05, 3.63) is 23.1 Å². The molecule has 14 heavy (non-hydrogen) atoms. The Balaban J connectivity index is 2.81. The highest BCUT2D eigenvalue weighted by Gasteiger charge is 2.10. The second-order valence-corrected chi connectivity index (χ2v) is 4.29. The number of phenols is 1. The molecule has 1 heterocycles. The molecule has 2 aromatic rings. The van der Waals surface area contributed by atoms with Crippen molar-refractivity contribution in [2.24, 2.45) is 0 Å². The van der Waals surface area contributed by atoms with Gasteiger partial charge in [0.25, 0.3) is 0 Å². The fourth-order valence-corrected chi connectivity index (χ4v) is 2.67. The lowest BCUT2D eigenvalue weighted by Gasteiger charge is -2.04. The summed E-state index contributed by atoms with van der Waals surface area (Å²) in [5.74, 6) is 0.155. The van der Waals surface area contributed by atoms with Gasteiger partial charge in [0.2, 0.25) is 0 Å². The van der Waals surface area contributed by atoms with E-state index in [0.717, 1.165) is 15.0 Å². The van der Waals surface area contributed by atoms with E-state index >= 15 is 0 Å². The van der Waals surface area contributed by atoms with Crippen LogP contribution in [0.15, 0.2) is 22.4 Å². The minimum Gasteiger partial charge on any atom is -0.508 e. The number of hydrogen-bond acceptors (Lipinski definition) is 4. The monoisotopic (exact) mass is 221 g/mol. The lowest BCUT2D eigenvalue weighted by molar-refractivity contribution is 0.470. The zero-order valence-electron chi connectivity index (χ0n) is 7.19. The van der Waals surface area contributed by atoms with Crippen LogP contribution in [-0.2, 0) is 6.42 Å². The molecule has 0 atom stereocenters. The van der Waals surface area contributed by atoms with Gasteiger partial charge in [-0.15, -0.1) is 24.0 Å². The third-order valence-electron chi connectivity index (χ3n) is 2.06. The zero-order chi connectivity index (χ0) is 10.1. The van der Waals surface area contributed by atoms with E-state index < -0.39 is 0 Å². The Kier molecular flexibility index (Phi) is 2.36. The molecule has 0 amide bonds. The molecule has 1 aromatic carbocycles. The topological polar surface area (TPSA) is 44.0 Å². The van der Waals surface area contributed by atoms with E-state index in [1.54, 1.807) is 17.4 Å². The number of thiol groups is 1. The van der Waals surface area contributed by atoms with Gasteiger partial charge in [-0.1, -0.05) is 0 Å². The van der Waals surface area contributed by atoms with Crippen molar-refractivity contribution >= 4 is 34.1 Å². The lowest BCUT2D eigenvalue weighted by Crippen LogP contribution is -1.84. The molecule has 0 saturated heterocycles. The third-order valence-corrected chi connectivity index (χ3v) is 3.51. The highest BCUT2D eigenvalue weighted by Crippen LogP contribution is 2.35. The van der Waals surface area contributed by atoms with Crippen molar-refractivity contribution in [1.29, 1.82) is 5.26 Å². The normalized spacial score (nSPS) is 10.3. The first kappa shape index (κ1) is 9.38. The van der Waals surface area contributed by atoms with Crippen LogP contribution in [0.5, 0.6) is 5.75 Å². The van der Waals surface area contributed by atoms with Crippen molar-refractivity contribution < 1.29 is 5.11 Å². The Morgan fingerprint density at radius 2 is 2.36 bits per heavy atom. The summed E-state index contributed by atoms with van der Waals surface area (Å²) in [6, 6.07) is 5.55. The first-order valence-corrected chi connectivity index (χ1v) is 5.34. The van der Waals surface area contributed by atoms with Gasteiger partial charge in [0.1, 0.15) is 5.75 Å². The van der Waals surface area contributed by atoms with Gasteiger partial charge in [-0.3, -0.25) is 0 Å². The number of nitrogens with zero attached hydrogens (tertiary/aromatic N) is 1. The second kappa shape index (κ2) is 3.52. The molecule has 0 spiro atoms. The molecule has 4 heteroatoms. The van der Waals surface area contributed by atoms with E-state index in [1.807, 2.05) is 17.5 Å². The number of aromatic hydroxyl groups is 1. The Hall–Kier alpha value is -1.18. The third kappa shape index (κ3) is 1.35. The van der Waals surface area contributed by atoms with Gasteiger partial charge in [0.15, 0.2) is 0 Å². The number of benzene rings is 1. The zero-order valence-corrected chi connectivity index (χ0v) is 8.90. The van der Waals surface area contributed by atoms with Gasteiger partial charge < -0.3 is 5.11 Å². The SMILES string of the molecule is N#CCc1c(O)cc(S)c2sccc12. The second-order valence-electron chi connectivity index (χ2n) is 2.89. The Morgan fingerprint density at radius 3 is 3.07 bits per heavy atom. The lowest BCUT2D eigenvalue weighted by atomic mass is 10.1. The fraction of sp³-hybridized carbons (Fsp3) is 0.100. The largest absolute Gasteiger partial charge is 0.508 e. The highest BCUT2D eigenvalue weighted by atomic mass is 32.1. The standard InChI is InChI=1S/C10H7NOS2/c11-3-1-6-7-2-4-14-10(7)9(13)5-8(6)12/h2,4-5,12-13H,1H2. The molecular weight excluding hydrogens is 214 g/mol. The van der Waals surface area contributed by atoms with E-state index in [1.165, 1.54) is 0 Å². The van der Waals surface area contributed by atoms with Crippen molar-refractivity contribution in [1.82, 2.24) is 0 Å². The van der Waals surface area contributed by atoms with Crippen LogP contribution in [-0.4, -0.2) is 5.11 Å². The number of phenolic OH excluding ortho intramolecular Hbond substituents is 1. The molecule has 2 nitrogen and oxygen atoms in total. The molecular formula is C10H7NOS2. The van der Waals surface area contributed by atoms with Crippen LogP contribution in [0.1, 0.15) is 5.56 Å². The first-order valence-electron chi connectivity index (χ1n) is 4.02. The highest BCUT2D eigenvalue weighted by molar-refractivity contribution is 7.80. The van der Waals surface area contributed by atoms with E-state index in [9.17, 15) is 5.11 Å². The minimum atomic E-state index is 0.155. The van der Waals surface area contributed by atoms with Gasteiger partial charge in [-0.25, -0.2) is 0 Å². The summed E-state index contributed by atoms with van der Waals surface area (Å²) in [6.45, 7) is 0. The number of rotatable bonds is 1. The number of thiophene rings is 1. The predicted octanol–water partition coefficient (Wildman–Crippen LogP) is 2.96. The maximum Gasteiger partial charge on any atom is 0.121 e. The number of hydrogen-bond donors (Lipinski definition) is 2. The van der Waals surface area contributed by atoms with Crippen LogP contribution in [0.25, 0.3) is 10.1 Å². The predicted molar refractivity (Wildman–Crippen MR) is 60.1 cm³/mol. The number of fused-ring (bicyclic) bond motifs is 1. The molecule has 0 aliphatic heterocycles. The van der Waals surface area contributed by atoms with Crippen LogP contribution in [0.4, 0.5) is 0 Å². The van der Waals surface area contributed by atoms with Crippen LogP contribution < -0.4 is 0 Å². The fourth-order valence-electron chi connectivity index (χ4n) is 1.43. The summed E-state index contributed by atoms with van der Waals surface area (Å²) >= 11 is 5.83.